The first kappa shape index (κ1) is 18.7. The molecule has 1 aromatic carbocycles. The molecule has 1 aliphatic rings. The molecular weight excluding hydrogens is 376 g/mol. The normalized spacial score (nSPS) is 14.6. The Hall–Kier alpha value is -2.64. The number of nitrogen functional groups attached to an aromatic ring is 1. The fraction of sp³-hybridized carbons (Fsp3) is 0.350. The highest BCUT2D eigenvalue weighted by Gasteiger charge is 2.16. The highest BCUT2D eigenvalue weighted by molar-refractivity contribution is 6.33. The number of rotatable bonds is 4. The molecule has 4 rings (SSSR count). The average molecular weight is 399 g/mol. The molecule has 3 aromatic rings. The van der Waals surface area contributed by atoms with Gasteiger partial charge in [0.25, 0.3) is 0 Å². The van der Waals surface area contributed by atoms with Crippen LogP contribution in [0.3, 0.4) is 0 Å². The number of pyridine rings is 1. The predicted octanol–water partition coefficient (Wildman–Crippen LogP) is 3.66. The van der Waals surface area contributed by atoms with E-state index in [0.29, 0.717) is 16.5 Å². The lowest BCUT2D eigenvalue weighted by molar-refractivity contribution is 0.122. The fourth-order valence-electron chi connectivity index (χ4n) is 3.24. The zero-order valence-electron chi connectivity index (χ0n) is 16.0. The summed E-state index contributed by atoms with van der Waals surface area (Å²) in [4.78, 5) is 6.60. The molecule has 7 nitrogen and oxygen atoms in total. The number of hydrogen-bond donors (Lipinski definition) is 1. The summed E-state index contributed by atoms with van der Waals surface area (Å²) in [7, 11) is 0. The van der Waals surface area contributed by atoms with E-state index in [9.17, 15) is 0 Å². The molecule has 146 valence electrons. The predicted molar refractivity (Wildman–Crippen MR) is 112 cm³/mol. The van der Waals surface area contributed by atoms with Crippen molar-refractivity contribution in [1.29, 1.82) is 0 Å². The maximum absolute atomic E-state index is 6.59. The van der Waals surface area contributed by atoms with Crippen LogP contribution in [-0.4, -0.2) is 46.3 Å². The van der Waals surface area contributed by atoms with E-state index in [1.807, 2.05) is 24.4 Å². The number of benzene rings is 1. The van der Waals surface area contributed by atoms with E-state index in [2.05, 4.69) is 40.1 Å². The fourth-order valence-corrected chi connectivity index (χ4v) is 3.54. The molecule has 1 aliphatic heterocycles. The van der Waals surface area contributed by atoms with Gasteiger partial charge in [-0.3, -0.25) is 0 Å². The Labute approximate surface area is 169 Å². The topological polar surface area (TPSA) is 82.1 Å². The van der Waals surface area contributed by atoms with Crippen molar-refractivity contribution in [2.24, 2.45) is 0 Å². The second-order valence-electron chi connectivity index (χ2n) is 7.10. The van der Waals surface area contributed by atoms with Gasteiger partial charge in [0.2, 0.25) is 0 Å². The number of aromatic nitrogens is 4. The summed E-state index contributed by atoms with van der Waals surface area (Å²) < 4.78 is 7.22. The third-order valence-corrected chi connectivity index (χ3v) is 5.17. The second-order valence-corrected chi connectivity index (χ2v) is 7.51. The van der Waals surface area contributed by atoms with Gasteiger partial charge in [-0.2, -0.15) is 0 Å². The summed E-state index contributed by atoms with van der Waals surface area (Å²) in [6.07, 6.45) is 3.64. The van der Waals surface area contributed by atoms with Crippen LogP contribution in [0.5, 0.6) is 0 Å². The molecule has 1 saturated heterocycles. The van der Waals surface area contributed by atoms with Gasteiger partial charge in [-0.15, -0.1) is 5.10 Å². The number of morpholine rings is 1. The van der Waals surface area contributed by atoms with Gasteiger partial charge < -0.3 is 15.4 Å². The lowest BCUT2D eigenvalue weighted by atomic mass is 10.0. The van der Waals surface area contributed by atoms with Crippen LogP contribution in [0.2, 0.25) is 5.02 Å². The zero-order chi connectivity index (χ0) is 19.7. The van der Waals surface area contributed by atoms with Crippen molar-refractivity contribution >= 4 is 23.1 Å². The SMILES string of the molecule is CC(C)n1cc(-c2cc(-c3ccc(N4CCOCC4)c(Cl)c3)cnc2N)nn1. The first-order valence-electron chi connectivity index (χ1n) is 9.33. The number of nitrogens with zero attached hydrogens (tertiary/aromatic N) is 5. The van der Waals surface area contributed by atoms with E-state index < -0.39 is 0 Å². The molecule has 0 bridgehead atoms. The maximum Gasteiger partial charge on any atom is 0.132 e. The third kappa shape index (κ3) is 3.68. The van der Waals surface area contributed by atoms with Crippen molar-refractivity contribution in [1.82, 2.24) is 20.0 Å². The van der Waals surface area contributed by atoms with E-state index >= 15 is 0 Å². The molecule has 0 spiro atoms. The quantitative estimate of drug-likeness (QED) is 0.722. The van der Waals surface area contributed by atoms with Crippen molar-refractivity contribution in [3.8, 4) is 22.4 Å². The minimum absolute atomic E-state index is 0.227. The van der Waals surface area contributed by atoms with Crippen LogP contribution in [-0.2, 0) is 4.74 Å². The van der Waals surface area contributed by atoms with Gasteiger partial charge >= 0.3 is 0 Å². The summed E-state index contributed by atoms with van der Waals surface area (Å²) in [6, 6.07) is 8.28. The standard InChI is InChI=1S/C20H23ClN6O/c1-13(2)27-12-18(24-25-27)16-9-15(11-23-20(16)22)14-3-4-19(17(21)10-14)26-5-7-28-8-6-26/h3-4,9-13H,5-8H2,1-2H3,(H2,22,23). The Kier molecular flexibility index (Phi) is 5.19. The number of hydrogen-bond acceptors (Lipinski definition) is 6. The van der Waals surface area contributed by atoms with Crippen LogP contribution >= 0.6 is 11.6 Å². The summed E-state index contributed by atoms with van der Waals surface area (Å²) >= 11 is 6.59. The Balaban J connectivity index is 1.66. The van der Waals surface area contributed by atoms with Gasteiger partial charge in [-0.25, -0.2) is 9.67 Å². The van der Waals surface area contributed by atoms with Gasteiger partial charge in [0, 0.05) is 36.5 Å². The molecular formula is C20H23ClN6O. The summed E-state index contributed by atoms with van der Waals surface area (Å²) in [5, 5.41) is 9.12. The molecule has 8 heteroatoms. The smallest absolute Gasteiger partial charge is 0.132 e. The number of anilines is 2. The van der Waals surface area contributed by atoms with Crippen molar-refractivity contribution in [3.63, 3.8) is 0 Å². The molecule has 1 fully saturated rings. The van der Waals surface area contributed by atoms with Crippen LogP contribution in [0.1, 0.15) is 19.9 Å². The molecule has 3 heterocycles. The van der Waals surface area contributed by atoms with Crippen molar-refractivity contribution in [3.05, 3.63) is 41.7 Å². The van der Waals surface area contributed by atoms with E-state index in [0.717, 1.165) is 48.7 Å². The summed E-state index contributed by atoms with van der Waals surface area (Å²) in [5.41, 5.74) is 10.5. The highest BCUT2D eigenvalue weighted by Crippen LogP contribution is 2.34. The lowest BCUT2D eigenvalue weighted by Crippen LogP contribution is -2.36. The summed E-state index contributed by atoms with van der Waals surface area (Å²) in [6.45, 7) is 7.24. The number of ether oxygens (including phenoxy) is 1. The van der Waals surface area contributed by atoms with Gasteiger partial charge in [0.1, 0.15) is 11.5 Å². The number of nitrogens with two attached hydrogens (primary N) is 1. The molecule has 0 aliphatic carbocycles. The van der Waals surface area contributed by atoms with Crippen LogP contribution < -0.4 is 10.6 Å². The van der Waals surface area contributed by atoms with Crippen LogP contribution in [0.4, 0.5) is 11.5 Å². The Morgan fingerprint density at radius 1 is 1.14 bits per heavy atom. The Morgan fingerprint density at radius 2 is 1.93 bits per heavy atom. The van der Waals surface area contributed by atoms with Crippen LogP contribution in [0.25, 0.3) is 22.4 Å². The Morgan fingerprint density at radius 3 is 2.61 bits per heavy atom. The number of halogens is 1. The summed E-state index contributed by atoms with van der Waals surface area (Å²) in [5.74, 6) is 0.426. The third-order valence-electron chi connectivity index (χ3n) is 4.87. The minimum Gasteiger partial charge on any atom is -0.383 e. The Bertz CT molecular complexity index is 981. The van der Waals surface area contributed by atoms with E-state index in [1.54, 1.807) is 10.9 Å². The van der Waals surface area contributed by atoms with E-state index in [-0.39, 0.29) is 6.04 Å². The molecule has 0 saturated carbocycles. The zero-order valence-corrected chi connectivity index (χ0v) is 16.7. The van der Waals surface area contributed by atoms with Crippen molar-refractivity contribution in [2.75, 3.05) is 36.9 Å². The van der Waals surface area contributed by atoms with Gasteiger partial charge in [-0.1, -0.05) is 22.9 Å². The van der Waals surface area contributed by atoms with Gasteiger partial charge in [0.15, 0.2) is 0 Å². The maximum atomic E-state index is 6.59. The monoisotopic (exact) mass is 398 g/mol. The molecule has 2 N–H and O–H groups in total. The molecule has 28 heavy (non-hydrogen) atoms. The van der Waals surface area contributed by atoms with Crippen molar-refractivity contribution in [2.45, 2.75) is 19.9 Å². The highest BCUT2D eigenvalue weighted by atomic mass is 35.5. The lowest BCUT2D eigenvalue weighted by Gasteiger charge is -2.29. The van der Waals surface area contributed by atoms with E-state index in [4.69, 9.17) is 22.1 Å². The van der Waals surface area contributed by atoms with Crippen molar-refractivity contribution < 1.29 is 4.74 Å². The molecule has 2 aromatic heterocycles. The minimum atomic E-state index is 0.227. The first-order valence-corrected chi connectivity index (χ1v) is 9.71. The van der Waals surface area contributed by atoms with Gasteiger partial charge in [0.05, 0.1) is 30.1 Å². The molecule has 0 radical (unpaired) electrons. The molecule has 0 atom stereocenters. The molecule has 0 amide bonds. The van der Waals surface area contributed by atoms with E-state index in [1.165, 1.54) is 0 Å². The average Bonchev–Trinajstić information content (AvgIpc) is 3.19. The molecule has 0 unspecified atom stereocenters. The second kappa shape index (κ2) is 7.77. The largest absolute Gasteiger partial charge is 0.383 e. The van der Waals surface area contributed by atoms with Crippen LogP contribution in [0, 0.1) is 0 Å². The van der Waals surface area contributed by atoms with Gasteiger partial charge in [-0.05, 0) is 37.6 Å². The van der Waals surface area contributed by atoms with Crippen LogP contribution in [0.15, 0.2) is 36.7 Å². The first-order chi connectivity index (χ1) is 13.5.